The Kier molecular flexibility index (Phi) is 3.64. The van der Waals surface area contributed by atoms with Crippen molar-refractivity contribution in [3.05, 3.63) is 23.5 Å². The Balaban J connectivity index is 2.75. The second kappa shape index (κ2) is 4.94. The van der Waals surface area contributed by atoms with Crippen LogP contribution in [0.4, 0.5) is 5.82 Å². The van der Waals surface area contributed by atoms with Gasteiger partial charge in [0.25, 0.3) is 0 Å². The highest BCUT2D eigenvalue weighted by Crippen LogP contribution is 2.26. The van der Waals surface area contributed by atoms with E-state index in [4.69, 9.17) is 11.6 Å². The van der Waals surface area contributed by atoms with Crippen molar-refractivity contribution < 1.29 is 8.42 Å². The molecular weight excluding hydrogens is 286 g/mol. The number of benzene rings is 1. The van der Waals surface area contributed by atoms with E-state index in [1.807, 2.05) is 19.0 Å². The number of aromatic nitrogens is 2. The Morgan fingerprint density at radius 3 is 2.53 bits per heavy atom. The number of rotatable bonds is 3. The average molecular weight is 300 g/mol. The number of anilines is 1. The van der Waals surface area contributed by atoms with Gasteiger partial charge < -0.3 is 4.90 Å². The number of nitrogens with zero attached hydrogens (tertiary/aromatic N) is 3. The van der Waals surface area contributed by atoms with Crippen molar-refractivity contribution in [3.8, 4) is 0 Å². The van der Waals surface area contributed by atoms with Gasteiger partial charge in [-0.3, -0.25) is 0 Å². The van der Waals surface area contributed by atoms with E-state index in [-0.39, 0.29) is 15.9 Å². The Morgan fingerprint density at radius 2 is 1.95 bits per heavy atom. The van der Waals surface area contributed by atoms with Crippen LogP contribution in [0.15, 0.2) is 23.1 Å². The molecule has 0 spiro atoms. The van der Waals surface area contributed by atoms with E-state index in [1.165, 1.54) is 6.07 Å². The molecule has 0 radical (unpaired) electrons. The van der Waals surface area contributed by atoms with Gasteiger partial charge >= 0.3 is 0 Å². The predicted octanol–water partition coefficient (Wildman–Crippen LogP) is 2.14. The summed E-state index contributed by atoms with van der Waals surface area (Å²) in [5.74, 6) is 0.716. The fourth-order valence-electron chi connectivity index (χ4n) is 1.77. The summed E-state index contributed by atoms with van der Waals surface area (Å²) in [4.78, 5) is 10.3. The fraction of sp³-hybridized carbons (Fsp3) is 0.333. The van der Waals surface area contributed by atoms with E-state index in [0.717, 1.165) is 5.39 Å². The van der Waals surface area contributed by atoms with Gasteiger partial charge in [0, 0.05) is 19.5 Å². The lowest BCUT2D eigenvalue weighted by Gasteiger charge is -2.14. The van der Waals surface area contributed by atoms with Crippen molar-refractivity contribution >= 4 is 38.2 Å². The number of hydrogen-bond donors (Lipinski definition) is 0. The minimum Gasteiger partial charge on any atom is -0.362 e. The molecule has 1 aromatic heterocycles. The lowest BCUT2D eigenvalue weighted by Crippen LogP contribution is -2.12. The molecule has 0 aliphatic heterocycles. The molecule has 102 valence electrons. The van der Waals surface area contributed by atoms with Crippen LogP contribution in [-0.2, 0) is 9.84 Å². The number of hydrogen-bond acceptors (Lipinski definition) is 5. The largest absolute Gasteiger partial charge is 0.362 e. The third kappa shape index (κ3) is 2.64. The summed E-state index contributed by atoms with van der Waals surface area (Å²) in [5.41, 5.74) is 0.526. The third-order valence-electron chi connectivity index (χ3n) is 2.78. The molecule has 0 aliphatic carbocycles. The second-order valence-electron chi connectivity index (χ2n) is 4.29. The van der Waals surface area contributed by atoms with Crippen LogP contribution in [0.3, 0.4) is 0 Å². The summed E-state index contributed by atoms with van der Waals surface area (Å²) in [5, 5.41) is 0.867. The van der Waals surface area contributed by atoms with Crippen molar-refractivity contribution in [2.24, 2.45) is 0 Å². The monoisotopic (exact) mass is 299 g/mol. The van der Waals surface area contributed by atoms with Crippen molar-refractivity contribution in [1.82, 2.24) is 9.97 Å². The van der Waals surface area contributed by atoms with E-state index >= 15 is 0 Å². The molecule has 1 heterocycles. The van der Waals surface area contributed by atoms with Gasteiger partial charge in [0.2, 0.25) is 5.28 Å². The maximum Gasteiger partial charge on any atom is 0.224 e. The standard InChI is InChI=1S/C12H14ClN3O2S/c1-4-19(17,18)8-5-6-9-10(7-8)14-12(13)15-11(9)16(2)3/h5-7H,4H2,1-3H3. The molecule has 2 rings (SSSR count). The first-order chi connectivity index (χ1) is 8.85. The molecule has 0 amide bonds. The van der Waals surface area contributed by atoms with Crippen LogP contribution in [0.1, 0.15) is 6.92 Å². The first kappa shape index (κ1) is 14.0. The number of fused-ring (bicyclic) bond motifs is 1. The van der Waals surface area contributed by atoms with Gasteiger partial charge in [-0.1, -0.05) is 6.92 Å². The summed E-state index contributed by atoms with van der Waals surface area (Å²) < 4.78 is 23.7. The van der Waals surface area contributed by atoms with Gasteiger partial charge in [-0.15, -0.1) is 0 Å². The summed E-state index contributed by atoms with van der Waals surface area (Å²) >= 11 is 5.87. The van der Waals surface area contributed by atoms with Crippen LogP contribution in [-0.4, -0.2) is 38.2 Å². The highest BCUT2D eigenvalue weighted by molar-refractivity contribution is 7.91. The van der Waals surface area contributed by atoms with Gasteiger partial charge in [-0.25, -0.2) is 13.4 Å². The normalized spacial score (nSPS) is 11.8. The highest BCUT2D eigenvalue weighted by atomic mass is 35.5. The molecular formula is C12H14ClN3O2S. The Morgan fingerprint density at radius 1 is 1.26 bits per heavy atom. The van der Waals surface area contributed by atoms with E-state index in [2.05, 4.69) is 9.97 Å². The van der Waals surface area contributed by atoms with Crippen molar-refractivity contribution in [2.45, 2.75) is 11.8 Å². The van der Waals surface area contributed by atoms with Gasteiger partial charge in [0.05, 0.1) is 16.2 Å². The van der Waals surface area contributed by atoms with E-state index < -0.39 is 9.84 Å². The fourth-order valence-corrected chi connectivity index (χ4v) is 2.84. The first-order valence-electron chi connectivity index (χ1n) is 5.72. The van der Waals surface area contributed by atoms with Crippen molar-refractivity contribution in [3.63, 3.8) is 0 Å². The van der Waals surface area contributed by atoms with Gasteiger partial charge in [0.15, 0.2) is 9.84 Å². The van der Waals surface area contributed by atoms with E-state index in [1.54, 1.807) is 19.1 Å². The van der Waals surface area contributed by atoms with Crippen LogP contribution >= 0.6 is 11.6 Å². The van der Waals surface area contributed by atoms with Crippen LogP contribution in [0.2, 0.25) is 5.28 Å². The first-order valence-corrected chi connectivity index (χ1v) is 7.75. The topological polar surface area (TPSA) is 63.2 Å². The zero-order valence-corrected chi connectivity index (χ0v) is 12.5. The quantitative estimate of drug-likeness (QED) is 0.813. The molecule has 19 heavy (non-hydrogen) atoms. The lowest BCUT2D eigenvalue weighted by atomic mass is 10.2. The average Bonchev–Trinajstić information content (AvgIpc) is 2.36. The molecule has 0 fully saturated rings. The zero-order chi connectivity index (χ0) is 14.2. The molecule has 0 bridgehead atoms. The van der Waals surface area contributed by atoms with Gasteiger partial charge in [0.1, 0.15) is 5.82 Å². The molecule has 0 atom stereocenters. The smallest absolute Gasteiger partial charge is 0.224 e. The minimum absolute atomic E-state index is 0.0534. The maximum absolute atomic E-state index is 11.9. The molecule has 7 heteroatoms. The number of sulfone groups is 1. The SMILES string of the molecule is CCS(=O)(=O)c1ccc2c(N(C)C)nc(Cl)nc2c1. The van der Waals surface area contributed by atoms with Crippen LogP contribution in [0.5, 0.6) is 0 Å². The minimum atomic E-state index is -3.25. The zero-order valence-electron chi connectivity index (χ0n) is 10.9. The summed E-state index contributed by atoms with van der Waals surface area (Å²) in [6.45, 7) is 1.61. The van der Waals surface area contributed by atoms with Crippen molar-refractivity contribution in [2.75, 3.05) is 24.7 Å². The van der Waals surface area contributed by atoms with Crippen molar-refractivity contribution in [1.29, 1.82) is 0 Å². The van der Waals surface area contributed by atoms with Crippen LogP contribution < -0.4 is 4.90 Å². The molecule has 5 nitrogen and oxygen atoms in total. The lowest BCUT2D eigenvalue weighted by molar-refractivity contribution is 0.597. The summed E-state index contributed by atoms with van der Waals surface area (Å²) in [6, 6.07) is 4.82. The molecule has 0 unspecified atom stereocenters. The molecule has 2 aromatic rings. The number of halogens is 1. The Labute approximate surface area is 117 Å². The Bertz CT molecular complexity index is 729. The molecule has 0 saturated heterocycles. The maximum atomic E-state index is 11.9. The highest BCUT2D eigenvalue weighted by Gasteiger charge is 2.15. The van der Waals surface area contributed by atoms with Crippen LogP contribution in [0, 0.1) is 0 Å². The van der Waals surface area contributed by atoms with Gasteiger partial charge in [-0.05, 0) is 29.8 Å². The third-order valence-corrected chi connectivity index (χ3v) is 4.69. The molecule has 0 N–H and O–H groups in total. The second-order valence-corrected chi connectivity index (χ2v) is 6.91. The molecule has 0 saturated carbocycles. The van der Waals surface area contributed by atoms with Gasteiger partial charge in [-0.2, -0.15) is 4.98 Å². The van der Waals surface area contributed by atoms with E-state index in [0.29, 0.717) is 11.3 Å². The summed E-state index contributed by atoms with van der Waals surface area (Å²) in [6.07, 6.45) is 0. The molecule has 1 aromatic carbocycles. The summed E-state index contributed by atoms with van der Waals surface area (Å²) in [7, 11) is 0.431. The van der Waals surface area contributed by atoms with E-state index in [9.17, 15) is 8.42 Å². The Hall–Kier alpha value is -1.40. The molecule has 0 aliphatic rings. The predicted molar refractivity (Wildman–Crippen MR) is 76.6 cm³/mol. The van der Waals surface area contributed by atoms with Crippen LogP contribution in [0.25, 0.3) is 10.9 Å².